The Morgan fingerprint density at radius 1 is 1.25 bits per heavy atom. The lowest BCUT2D eigenvalue weighted by atomic mass is 10.2. The zero-order valence-electron chi connectivity index (χ0n) is 13.0. The second-order valence-corrected chi connectivity index (χ2v) is 6.34. The van der Waals surface area contributed by atoms with Gasteiger partial charge in [0.25, 0.3) is 0 Å². The van der Waals surface area contributed by atoms with Gasteiger partial charge in [0.15, 0.2) is 10.7 Å². The normalized spacial score (nSPS) is 15.1. The number of hydrogen-bond donors (Lipinski definition) is 0. The minimum Gasteiger partial charge on any atom is -0.378 e. The van der Waals surface area contributed by atoms with Gasteiger partial charge < -0.3 is 9.64 Å². The first-order valence-corrected chi connectivity index (χ1v) is 8.66. The molecule has 0 spiro atoms. The van der Waals surface area contributed by atoms with E-state index in [0.717, 1.165) is 10.7 Å². The lowest BCUT2D eigenvalue weighted by Crippen LogP contribution is -2.40. The SMILES string of the molecule is O=C(CCc1ccc2nnc(-c3nccs3)n2n1)N1CCOCC1. The molecule has 1 aliphatic heterocycles. The standard InChI is InChI=1S/C15H16N6O2S/c22-13(20-6-8-23-9-7-20)4-2-11-1-3-12-17-18-14(21(12)19-11)15-16-5-10-24-15/h1,3,5,10H,2,4,6-9H2. The van der Waals surface area contributed by atoms with E-state index in [2.05, 4.69) is 20.3 Å². The summed E-state index contributed by atoms with van der Waals surface area (Å²) in [5, 5.41) is 15.5. The number of carbonyl (C=O) groups is 1. The van der Waals surface area contributed by atoms with E-state index in [-0.39, 0.29) is 5.91 Å². The Kier molecular flexibility index (Phi) is 4.18. The molecule has 0 N–H and O–H groups in total. The van der Waals surface area contributed by atoms with Crippen LogP contribution in [0.2, 0.25) is 0 Å². The molecule has 3 aromatic heterocycles. The van der Waals surface area contributed by atoms with E-state index < -0.39 is 0 Å². The van der Waals surface area contributed by atoms with Gasteiger partial charge in [-0.15, -0.1) is 21.5 Å². The van der Waals surface area contributed by atoms with Gasteiger partial charge in [-0.3, -0.25) is 4.79 Å². The van der Waals surface area contributed by atoms with Crippen molar-refractivity contribution in [3.63, 3.8) is 0 Å². The number of nitrogens with zero attached hydrogens (tertiary/aromatic N) is 6. The number of hydrogen-bond acceptors (Lipinski definition) is 7. The van der Waals surface area contributed by atoms with Gasteiger partial charge in [-0.1, -0.05) is 0 Å². The second-order valence-electron chi connectivity index (χ2n) is 5.45. The summed E-state index contributed by atoms with van der Waals surface area (Å²) in [6.07, 6.45) is 2.75. The van der Waals surface area contributed by atoms with Crippen molar-refractivity contribution in [1.82, 2.24) is 29.7 Å². The summed E-state index contributed by atoms with van der Waals surface area (Å²) in [5.41, 5.74) is 1.50. The third kappa shape index (κ3) is 3.00. The van der Waals surface area contributed by atoms with Gasteiger partial charge >= 0.3 is 0 Å². The average Bonchev–Trinajstić information content (AvgIpc) is 3.29. The fraction of sp³-hybridized carbons (Fsp3) is 0.400. The molecule has 0 saturated carbocycles. The van der Waals surface area contributed by atoms with E-state index >= 15 is 0 Å². The fourth-order valence-electron chi connectivity index (χ4n) is 2.63. The zero-order chi connectivity index (χ0) is 16.4. The van der Waals surface area contributed by atoms with Crippen molar-refractivity contribution in [2.75, 3.05) is 26.3 Å². The molecule has 0 bridgehead atoms. The maximum Gasteiger partial charge on any atom is 0.223 e. The summed E-state index contributed by atoms with van der Waals surface area (Å²) >= 11 is 1.49. The molecule has 0 atom stereocenters. The molecular formula is C15H16N6O2S. The highest BCUT2D eigenvalue weighted by atomic mass is 32.1. The molecule has 3 aromatic rings. The van der Waals surface area contributed by atoms with Crippen LogP contribution in [0.5, 0.6) is 0 Å². The summed E-state index contributed by atoms with van der Waals surface area (Å²) in [4.78, 5) is 18.3. The summed E-state index contributed by atoms with van der Waals surface area (Å²) in [7, 11) is 0. The molecule has 124 valence electrons. The van der Waals surface area contributed by atoms with Gasteiger partial charge in [-0.2, -0.15) is 9.61 Å². The molecule has 4 heterocycles. The number of fused-ring (bicyclic) bond motifs is 1. The molecule has 0 unspecified atom stereocenters. The predicted octanol–water partition coefficient (Wildman–Crippen LogP) is 1.04. The second kappa shape index (κ2) is 6.62. The minimum atomic E-state index is 0.143. The van der Waals surface area contributed by atoms with E-state index in [0.29, 0.717) is 50.6 Å². The van der Waals surface area contributed by atoms with Crippen molar-refractivity contribution < 1.29 is 9.53 Å². The molecule has 1 fully saturated rings. The number of ether oxygens (including phenoxy) is 1. The molecule has 1 aliphatic rings. The van der Waals surface area contributed by atoms with Crippen molar-refractivity contribution in [2.24, 2.45) is 0 Å². The predicted molar refractivity (Wildman–Crippen MR) is 87.6 cm³/mol. The number of morpholine rings is 1. The molecular weight excluding hydrogens is 328 g/mol. The number of thiazole rings is 1. The Bertz CT molecular complexity index is 841. The van der Waals surface area contributed by atoms with Crippen molar-refractivity contribution >= 4 is 22.9 Å². The van der Waals surface area contributed by atoms with E-state index in [4.69, 9.17) is 4.74 Å². The van der Waals surface area contributed by atoms with E-state index in [1.807, 2.05) is 22.4 Å². The van der Waals surface area contributed by atoms with Gasteiger partial charge in [0.1, 0.15) is 0 Å². The van der Waals surface area contributed by atoms with Crippen LogP contribution in [-0.4, -0.2) is 61.9 Å². The number of amides is 1. The molecule has 0 radical (unpaired) electrons. The highest BCUT2D eigenvalue weighted by Crippen LogP contribution is 2.19. The van der Waals surface area contributed by atoms with E-state index in [1.165, 1.54) is 11.3 Å². The lowest BCUT2D eigenvalue weighted by Gasteiger charge is -2.26. The smallest absolute Gasteiger partial charge is 0.223 e. The van der Waals surface area contributed by atoms with Crippen molar-refractivity contribution in [2.45, 2.75) is 12.8 Å². The minimum absolute atomic E-state index is 0.143. The lowest BCUT2D eigenvalue weighted by molar-refractivity contribution is -0.135. The van der Waals surface area contributed by atoms with Crippen LogP contribution in [0, 0.1) is 0 Å². The first-order valence-electron chi connectivity index (χ1n) is 7.78. The zero-order valence-corrected chi connectivity index (χ0v) is 13.8. The van der Waals surface area contributed by atoms with Crippen LogP contribution >= 0.6 is 11.3 Å². The number of aryl methyl sites for hydroxylation is 1. The molecule has 1 saturated heterocycles. The topological polar surface area (TPSA) is 85.5 Å². The van der Waals surface area contributed by atoms with Crippen molar-refractivity contribution in [1.29, 1.82) is 0 Å². The Hall–Kier alpha value is -2.39. The largest absolute Gasteiger partial charge is 0.378 e. The van der Waals surface area contributed by atoms with Crippen molar-refractivity contribution in [3.8, 4) is 10.8 Å². The summed E-state index contributed by atoms with van der Waals surface area (Å²) in [5.74, 6) is 0.769. The summed E-state index contributed by atoms with van der Waals surface area (Å²) in [6, 6.07) is 3.76. The monoisotopic (exact) mass is 344 g/mol. The first-order chi connectivity index (χ1) is 11.8. The molecule has 24 heavy (non-hydrogen) atoms. The van der Waals surface area contributed by atoms with Crippen LogP contribution in [0.3, 0.4) is 0 Å². The molecule has 9 heteroatoms. The number of aromatic nitrogens is 5. The van der Waals surface area contributed by atoms with Gasteiger partial charge in [-0.05, 0) is 12.1 Å². The van der Waals surface area contributed by atoms with Gasteiger partial charge in [0, 0.05) is 37.5 Å². The molecule has 0 aliphatic carbocycles. The van der Waals surface area contributed by atoms with Crippen molar-refractivity contribution in [3.05, 3.63) is 29.4 Å². The third-order valence-corrected chi connectivity index (χ3v) is 4.67. The Morgan fingerprint density at radius 2 is 2.12 bits per heavy atom. The fourth-order valence-corrected chi connectivity index (χ4v) is 3.24. The Morgan fingerprint density at radius 3 is 2.92 bits per heavy atom. The average molecular weight is 344 g/mol. The molecule has 1 amide bonds. The number of rotatable bonds is 4. The van der Waals surface area contributed by atoms with Crippen LogP contribution < -0.4 is 0 Å². The van der Waals surface area contributed by atoms with E-state index in [9.17, 15) is 4.79 Å². The summed E-state index contributed by atoms with van der Waals surface area (Å²) < 4.78 is 6.96. The maximum atomic E-state index is 12.2. The quantitative estimate of drug-likeness (QED) is 0.703. The Labute approximate surface area is 142 Å². The third-order valence-electron chi connectivity index (χ3n) is 3.90. The Balaban J connectivity index is 1.50. The number of carbonyl (C=O) groups excluding carboxylic acids is 1. The first kappa shape index (κ1) is 15.2. The van der Waals surface area contributed by atoms with E-state index in [1.54, 1.807) is 10.7 Å². The van der Waals surface area contributed by atoms with Gasteiger partial charge in [-0.25, -0.2) is 4.98 Å². The highest BCUT2D eigenvalue weighted by molar-refractivity contribution is 7.13. The summed E-state index contributed by atoms with van der Waals surface area (Å²) in [6.45, 7) is 2.58. The van der Waals surface area contributed by atoms with Gasteiger partial charge in [0.2, 0.25) is 11.7 Å². The molecule has 8 nitrogen and oxygen atoms in total. The van der Waals surface area contributed by atoms with Crippen LogP contribution in [0.1, 0.15) is 12.1 Å². The van der Waals surface area contributed by atoms with Crippen LogP contribution in [0.4, 0.5) is 0 Å². The maximum absolute atomic E-state index is 12.2. The molecule has 0 aromatic carbocycles. The molecule has 4 rings (SSSR count). The van der Waals surface area contributed by atoms with Crippen LogP contribution in [0.15, 0.2) is 23.7 Å². The highest BCUT2D eigenvalue weighted by Gasteiger charge is 2.17. The van der Waals surface area contributed by atoms with Gasteiger partial charge in [0.05, 0.1) is 18.9 Å². The van der Waals surface area contributed by atoms with Crippen LogP contribution in [-0.2, 0) is 16.0 Å². The van der Waals surface area contributed by atoms with Crippen LogP contribution in [0.25, 0.3) is 16.5 Å².